The van der Waals surface area contributed by atoms with Crippen LogP contribution in [0.1, 0.15) is 12.5 Å². The summed E-state index contributed by atoms with van der Waals surface area (Å²) in [7, 11) is 0. The minimum atomic E-state index is -4.53. The standard InChI is InChI=1S/C13H16F3NO4/c1-2-21-10-5-3-4-9(12(10)20)6-17(7-11(18)19)8-13(14,15)16/h3-5,20H,2,6-8H2,1H3,(H,18,19). The van der Waals surface area contributed by atoms with Crippen LogP contribution in [0.5, 0.6) is 11.5 Å². The molecule has 0 saturated carbocycles. The van der Waals surface area contributed by atoms with Gasteiger partial charge < -0.3 is 14.9 Å². The molecule has 5 nitrogen and oxygen atoms in total. The molecule has 0 spiro atoms. The minimum Gasteiger partial charge on any atom is -0.504 e. The molecule has 0 radical (unpaired) electrons. The van der Waals surface area contributed by atoms with Crippen LogP contribution in [0.25, 0.3) is 0 Å². The number of halogens is 3. The monoisotopic (exact) mass is 307 g/mol. The second-order valence-electron chi connectivity index (χ2n) is 4.35. The highest BCUT2D eigenvalue weighted by atomic mass is 19.4. The van der Waals surface area contributed by atoms with Gasteiger partial charge in [-0.05, 0) is 13.0 Å². The van der Waals surface area contributed by atoms with Crippen molar-refractivity contribution < 1.29 is 32.9 Å². The number of aliphatic carboxylic acids is 1. The number of hydrogen-bond donors (Lipinski definition) is 2. The normalized spacial score (nSPS) is 11.7. The van der Waals surface area contributed by atoms with Gasteiger partial charge in [-0.1, -0.05) is 12.1 Å². The fourth-order valence-electron chi connectivity index (χ4n) is 1.82. The molecule has 1 aromatic rings. The summed E-state index contributed by atoms with van der Waals surface area (Å²) in [4.78, 5) is 11.3. The fraction of sp³-hybridized carbons (Fsp3) is 0.462. The molecule has 8 heteroatoms. The van der Waals surface area contributed by atoms with Crippen molar-refractivity contribution in [3.63, 3.8) is 0 Å². The van der Waals surface area contributed by atoms with Gasteiger partial charge in [0.25, 0.3) is 0 Å². The lowest BCUT2D eigenvalue weighted by molar-refractivity contribution is -0.154. The van der Waals surface area contributed by atoms with Crippen molar-refractivity contribution in [1.29, 1.82) is 0 Å². The van der Waals surface area contributed by atoms with Crippen LogP contribution < -0.4 is 4.74 Å². The average Bonchev–Trinajstić information content (AvgIpc) is 2.31. The molecule has 0 fully saturated rings. The highest BCUT2D eigenvalue weighted by Crippen LogP contribution is 2.31. The summed E-state index contributed by atoms with van der Waals surface area (Å²) in [6.45, 7) is -0.515. The van der Waals surface area contributed by atoms with Crippen molar-refractivity contribution in [3.8, 4) is 11.5 Å². The van der Waals surface area contributed by atoms with E-state index in [1.807, 2.05) is 0 Å². The van der Waals surface area contributed by atoms with Crippen molar-refractivity contribution in [2.75, 3.05) is 19.7 Å². The molecular formula is C13H16F3NO4. The number of alkyl halides is 3. The second kappa shape index (κ2) is 7.16. The van der Waals surface area contributed by atoms with E-state index in [9.17, 15) is 23.1 Å². The van der Waals surface area contributed by atoms with E-state index in [-0.39, 0.29) is 23.6 Å². The van der Waals surface area contributed by atoms with E-state index in [1.54, 1.807) is 6.92 Å². The van der Waals surface area contributed by atoms with Crippen LogP contribution in [0.2, 0.25) is 0 Å². The van der Waals surface area contributed by atoms with Gasteiger partial charge in [0.2, 0.25) is 0 Å². The Balaban J connectivity index is 2.92. The quantitative estimate of drug-likeness (QED) is 0.808. The Morgan fingerprint density at radius 2 is 2.05 bits per heavy atom. The number of ether oxygens (including phenoxy) is 1. The number of carbonyl (C=O) groups is 1. The van der Waals surface area contributed by atoms with E-state index in [1.165, 1.54) is 18.2 Å². The first kappa shape index (κ1) is 17.1. The van der Waals surface area contributed by atoms with Crippen LogP contribution >= 0.6 is 0 Å². The number of carboxylic acid groups (broad SMARTS) is 1. The smallest absolute Gasteiger partial charge is 0.401 e. The van der Waals surface area contributed by atoms with Crippen LogP contribution in [0.15, 0.2) is 18.2 Å². The van der Waals surface area contributed by atoms with E-state index in [4.69, 9.17) is 9.84 Å². The van der Waals surface area contributed by atoms with Crippen LogP contribution in [-0.2, 0) is 11.3 Å². The number of phenols is 1. The fourth-order valence-corrected chi connectivity index (χ4v) is 1.82. The van der Waals surface area contributed by atoms with Gasteiger partial charge in [0.1, 0.15) is 0 Å². The van der Waals surface area contributed by atoms with Gasteiger partial charge in [0.15, 0.2) is 11.5 Å². The Morgan fingerprint density at radius 1 is 1.38 bits per heavy atom. The first-order valence-electron chi connectivity index (χ1n) is 6.17. The summed E-state index contributed by atoms with van der Waals surface area (Å²) in [5.41, 5.74) is 0.173. The molecule has 2 N–H and O–H groups in total. The maximum absolute atomic E-state index is 12.4. The number of carboxylic acids is 1. The van der Waals surface area contributed by atoms with Crippen LogP contribution in [-0.4, -0.2) is 47.0 Å². The zero-order chi connectivity index (χ0) is 16.0. The van der Waals surface area contributed by atoms with E-state index < -0.39 is 25.2 Å². The highest BCUT2D eigenvalue weighted by Gasteiger charge is 2.32. The van der Waals surface area contributed by atoms with Gasteiger partial charge >= 0.3 is 12.1 Å². The van der Waals surface area contributed by atoms with Gasteiger partial charge in [0, 0.05) is 12.1 Å². The van der Waals surface area contributed by atoms with Crippen LogP contribution in [0, 0.1) is 0 Å². The van der Waals surface area contributed by atoms with Gasteiger partial charge in [-0.25, -0.2) is 0 Å². The first-order chi connectivity index (χ1) is 9.73. The SMILES string of the molecule is CCOc1cccc(CN(CC(=O)O)CC(F)(F)F)c1O. The Bertz CT molecular complexity index is 491. The Kier molecular flexibility index (Phi) is 5.83. The number of nitrogens with zero attached hydrogens (tertiary/aromatic N) is 1. The molecule has 21 heavy (non-hydrogen) atoms. The van der Waals surface area contributed by atoms with Gasteiger partial charge in [0.05, 0.1) is 19.7 Å². The largest absolute Gasteiger partial charge is 0.504 e. The molecule has 0 unspecified atom stereocenters. The number of benzene rings is 1. The van der Waals surface area contributed by atoms with Crippen molar-refractivity contribution in [2.24, 2.45) is 0 Å². The molecule has 0 bridgehead atoms. The summed E-state index contributed by atoms with van der Waals surface area (Å²) >= 11 is 0. The molecule has 0 aliphatic carbocycles. The van der Waals surface area contributed by atoms with Crippen molar-refractivity contribution in [3.05, 3.63) is 23.8 Å². The predicted molar refractivity (Wildman–Crippen MR) is 68.2 cm³/mol. The predicted octanol–water partition coefficient (Wildman–Crippen LogP) is 2.24. The Labute approximate surface area is 119 Å². The molecule has 0 amide bonds. The first-order valence-corrected chi connectivity index (χ1v) is 6.17. The zero-order valence-electron chi connectivity index (χ0n) is 11.4. The number of rotatable bonds is 7. The molecule has 0 saturated heterocycles. The lowest BCUT2D eigenvalue weighted by Gasteiger charge is -2.22. The van der Waals surface area contributed by atoms with Gasteiger partial charge in [-0.2, -0.15) is 13.2 Å². The molecule has 0 aromatic heterocycles. The van der Waals surface area contributed by atoms with E-state index in [2.05, 4.69) is 0 Å². The number of phenolic OH excluding ortho intramolecular Hbond substituents is 1. The van der Waals surface area contributed by atoms with Gasteiger partial charge in [-0.3, -0.25) is 9.69 Å². The molecule has 1 rings (SSSR count). The van der Waals surface area contributed by atoms with Gasteiger partial charge in [-0.15, -0.1) is 0 Å². The maximum Gasteiger partial charge on any atom is 0.401 e. The van der Waals surface area contributed by atoms with Crippen molar-refractivity contribution in [1.82, 2.24) is 4.90 Å². The summed E-state index contributed by atoms with van der Waals surface area (Å²) < 4.78 is 42.4. The molecule has 0 aliphatic rings. The van der Waals surface area contributed by atoms with E-state index >= 15 is 0 Å². The Morgan fingerprint density at radius 3 is 2.57 bits per heavy atom. The zero-order valence-corrected chi connectivity index (χ0v) is 11.4. The summed E-state index contributed by atoms with van der Waals surface area (Å²) in [6.07, 6.45) is -4.53. The summed E-state index contributed by atoms with van der Waals surface area (Å²) in [5, 5.41) is 18.6. The maximum atomic E-state index is 12.4. The molecular weight excluding hydrogens is 291 g/mol. The Hall–Kier alpha value is -1.96. The summed E-state index contributed by atoms with van der Waals surface area (Å²) in [6, 6.07) is 4.42. The van der Waals surface area contributed by atoms with E-state index in [0.717, 1.165) is 0 Å². The molecule has 0 aliphatic heterocycles. The second-order valence-corrected chi connectivity index (χ2v) is 4.35. The third-order valence-corrected chi connectivity index (χ3v) is 2.54. The van der Waals surface area contributed by atoms with Crippen LogP contribution in [0.3, 0.4) is 0 Å². The molecule has 118 valence electrons. The molecule has 1 aromatic carbocycles. The lowest BCUT2D eigenvalue weighted by Crippen LogP contribution is -2.37. The third-order valence-electron chi connectivity index (χ3n) is 2.54. The number of para-hydroxylation sites is 1. The molecule has 0 heterocycles. The van der Waals surface area contributed by atoms with E-state index in [0.29, 0.717) is 11.5 Å². The average molecular weight is 307 g/mol. The number of hydrogen-bond acceptors (Lipinski definition) is 4. The number of aromatic hydroxyl groups is 1. The minimum absolute atomic E-state index is 0.150. The molecule has 0 atom stereocenters. The topological polar surface area (TPSA) is 70.0 Å². The van der Waals surface area contributed by atoms with Crippen LogP contribution in [0.4, 0.5) is 13.2 Å². The lowest BCUT2D eigenvalue weighted by atomic mass is 10.1. The highest BCUT2D eigenvalue weighted by molar-refractivity contribution is 5.69. The third kappa shape index (κ3) is 5.90. The summed E-state index contributed by atoms with van der Waals surface area (Å²) in [5.74, 6) is -1.51. The van der Waals surface area contributed by atoms with Crippen molar-refractivity contribution >= 4 is 5.97 Å². The van der Waals surface area contributed by atoms with Crippen molar-refractivity contribution in [2.45, 2.75) is 19.6 Å².